The Morgan fingerprint density at radius 3 is 1.58 bits per heavy atom. The van der Waals surface area contributed by atoms with Gasteiger partial charge in [0.2, 0.25) is 0 Å². The molecule has 1 saturated carbocycles. The standard InChI is InChI=1S/C57H48N2/c1-39-16-5-2-10-26-53(58(45-33-28-42(29-34-45)40-17-6-3-7-18-40)46-35-30-43(31-36-46)41-19-8-4-9-20-41)47-21-11-12-23-49(47)56(39)44-32-37-55-52(38-44)51-25-15-24-50-48-22-13-14-27-54(48)59(55)57(50)51/h3-4,6-9,13-15,17-20,22,24-25,27-38H,1-2,5,10-12,16,21,23,26H2/b53-47+,56-49+. The van der Waals surface area contributed by atoms with E-state index in [1.54, 1.807) is 0 Å². The Bertz CT molecular complexity index is 2970. The van der Waals surface area contributed by atoms with Crippen LogP contribution in [0.1, 0.15) is 63.4 Å². The van der Waals surface area contributed by atoms with Crippen LogP contribution in [0.15, 0.2) is 199 Å². The molecule has 2 nitrogen and oxygen atoms in total. The van der Waals surface area contributed by atoms with E-state index < -0.39 is 0 Å². The molecule has 0 aliphatic heterocycles. The molecule has 0 N–H and O–H groups in total. The highest BCUT2D eigenvalue weighted by Crippen LogP contribution is 2.47. The average molecular weight is 761 g/mol. The first kappa shape index (κ1) is 35.5. The minimum atomic E-state index is 1.03. The Balaban J connectivity index is 1.12. The number of fused-ring (bicyclic) bond motifs is 7. The zero-order valence-electron chi connectivity index (χ0n) is 33.6. The third kappa shape index (κ3) is 6.17. The quantitative estimate of drug-likeness (QED) is 0.164. The summed E-state index contributed by atoms with van der Waals surface area (Å²) in [4.78, 5) is 2.61. The number of aromatic nitrogens is 1. The maximum atomic E-state index is 4.90. The van der Waals surface area contributed by atoms with Gasteiger partial charge >= 0.3 is 0 Å². The molecule has 286 valence electrons. The lowest BCUT2D eigenvalue weighted by molar-refractivity contribution is 0.637. The lowest BCUT2D eigenvalue weighted by Crippen LogP contribution is -2.21. The van der Waals surface area contributed by atoms with Gasteiger partial charge < -0.3 is 9.30 Å². The third-order valence-electron chi connectivity index (χ3n) is 13.1. The summed E-state index contributed by atoms with van der Waals surface area (Å²) in [7, 11) is 0. The highest BCUT2D eigenvalue weighted by molar-refractivity contribution is 6.23. The fourth-order valence-corrected chi connectivity index (χ4v) is 10.3. The van der Waals surface area contributed by atoms with Crippen molar-refractivity contribution in [3.63, 3.8) is 0 Å². The van der Waals surface area contributed by atoms with E-state index in [0.717, 1.165) is 38.5 Å². The average Bonchev–Trinajstić information content (AvgIpc) is 3.82. The normalized spacial score (nSPS) is 17.9. The van der Waals surface area contributed by atoms with Gasteiger partial charge in [0, 0.05) is 38.6 Å². The first-order valence-electron chi connectivity index (χ1n) is 21.6. The van der Waals surface area contributed by atoms with E-state index in [1.807, 2.05) is 0 Å². The van der Waals surface area contributed by atoms with Crippen molar-refractivity contribution >= 4 is 55.0 Å². The van der Waals surface area contributed by atoms with Crippen molar-refractivity contribution in [2.24, 2.45) is 0 Å². The summed E-state index contributed by atoms with van der Waals surface area (Å²) < 4.78 is 2.49. The van der Waals surface area contributed by atoms with Gasteiger partial charge in [0.25, 0.3) is 0 Å². The Morgan fingerprint density at radius 1 is 0.390 bits per heavy atom. The van der Waals surface area contributed by atoms with Gasteiger partial charge in [-0.15, -0.1) is 0 Å². The number of anilines is 2. The fraction of sp³-hybridized carbons (Fsp3) is 0.158. The van der Waals surface area contributed by atoms with E-state index in [9.17, 15) is 0 Å². The molecule has 0 atom stereocenters. The largest absolute Gasteiger partial charge is 0.314 e. The molecule has 7 aromatic carbocycles. The Morgan fingerprint density at radius 2 is 0.898 bits per heavy atom. The van der Waals surface area contributed by atoms with E-state index in [4.69, 9.17) is 6.58 Å². The molecule has 0 radical (unpaired) electrons. The van der Waals surface area contributed by atoms with Gasteiger partial charge in [0.05, 0.1) is 16.6 Å². The molecule has 0 amide bonds. The second-order valence-electron chi connectivity index (χ2n) is 16.6. The van der Waals surface area contributed by atoms with Crippen molar-refractivity contribution in [1.82, 2.24) is 4.40 Å². The van der Waals surface area contributed by atoms with Crippen LogP contribution in [0.2, 0.25) is 0 Å². The van der Waals surface area contributed by atoms with Crippen molar-refractivity contribution in [1.29, 1.82) is 0 Å². The Kier molecular flexibility index (Phi) is 9.00. The molecule has 0 spiro atoms. The Hall–Kier alpha value is -6.64. The molecule has 11 rings (SSSR count). The predicted octanol–water partition coefficient (Wildman–Crippen LogP) is 16.1. The van der Waals surface area contributed by atoms with Crippen LogP contribution in [0.3, 0.4) is 0 Å². The van der Waals surface area contributed by atoms with E-state index in [-0.39, 0.29) is 0 Å². The van der Waals surface area contributed by atoms with Crippen molar-refractivity contribution in [3.05, 3.63) is 204 Å². The van der Waals surface area contributed by atoms with Crippen molar-refractivity contribution in [2.75, 3.05) is 4.90 Å². The van der Waals surface area contributed by atoms with Crippen LogP contribution in [0, 0.1) is 0 Å². The molecule has 2 aromatic heterocycles. The van der Waals surface area contributed by atoms with Gasteiger partial charge in [-0.1, -0.05) is 140 Å². The number of para-hydroxylation sites is 2. The van der Waals surface area contributed by atoms with Crippen molar-refractivity contribution in [2.45, 2.75) is 57.8 Å². The number of rotatable bonds is 6. The zero-order chi connectivity index (χ0) is 39.3. The van der Waals surface area contributed by atoms with Gasteiger partial charge in [-0.3, -0.25) is 0 Å². The van der Waals surface area contributed by atoms with Crippen molar-refractivity contribution < 1.29 is 0 Å². The van der Waals surface area contributed by atoms with Gasteiger partial charge in [-0.2, -0.15) is 0 Å². The van der Waals surface area contributed by atoms with Crippen molar-refractivity contribution in [3.8, 4) is 22.3 Å². The monoisotopic (exact) mass is 760 g/mol. The summed E-state index contributed by atoms with van der Waals surface area (Å²) in [6.07, 6.45) is 10.1. The molecule has 2 heterocycles. The maximum absolute atomic E-state index is 4.90. The SMILES string of the molecule is C=C1CCCCC/C(N(c2ccc(-c3ccccc3)cc2)c2ccc(-c3ccccc3)cc2)=C2/CCCC/C2=C/1c1ccc2c(c1)c1cccc3c4ccccc4n2c31. The van der Waals surface area contributed by atoms with Gasteiger partial charge in [0.15, 0.2) is 0 Å². The lowest BCUT2D eigenvalue weighted by atomic mass is 9.78. The topological polar surface area (TPSA) is 7.65 Å². The molecule has 9 aromatic rings. The summed E-state index contributed by atoms with van der Waals surface area (Å²) in [6.45, 7) is 4.90. The zero-order valence-corrected chi connectivity index (χ0v) is 33.6. The first-order valence-corrected chi connectivity index (χ1v) is 21.6. The lowest BCUT2D eigenvalue weighted by Gasteiger charge is -2.35. The molecular formula is C57H48N2. The number of nitrogens with zero attached hydrogens (tertiary/aromatic N) is 2. The predicted molar refractivity (Wildman–Crippen MR) is 252 cm³/mol. The molecule has 2 aliphatic rings. The van der Waals surface area contributed by atoms with Crippen LogP contribution in [-0.2, 0) is 0 Å². The first-order chi connectivity index (χ1) is 29.2. The summed E-state index contributed by atoms with van der Waals surface area (Å²) in [5.74, 6) is 0. The van der Waals surface area contributed by atoms with Crippen LogP contribution in [0.5, 0.6) is 0 Å². The van der Waals surface area contributed by atoms with E-state index in [1.165, 1.54) is 125 Å². The molecule has 0 saturated heterocycles. The third-order valence-corrected chi connectivity index (χ3v) is 13.1. The number of hydrogen-bond donors (Lipinski definition) is 0. The van der Waals surface area contributed by atoms with Crippen LogP contribution in [-0.4, -0.2) is 4.40 Å². The highest BCUT2D eigenvalue weighted by atomic mass is 15.2. The van der Waals surface area contributed by atoms with E-state index in [0.29, 0.717) is 0 Å². The number of allylic oxidation sites excluding steroid dienone is 5. The van der Waals surface area contributed by atoms with Crippen LogP contribution in [0.4, 0.5) is 11.4 Å². The molecule has 1 fully saturated rings. The van der Waals surface area contributed by atoms with Gasteiger partial charge in [-0.05, 0) is 144 Å². The maximum Gasteiger partial charge on any atom is 0.0620 e. The van der Waals surface area contributed by atoms with Gasteiger partial charge in [0.1, 0.15) is 0 Å². The summed E-state index contributed by atoms with van der Waals surface area (Å²) in [5.41, 5.74) is 19.7. The van der Waals surface area contributed by atoms with E-state index >= 15 is 0 Å². The smallest absolute Gasteiger partial charge is 0.0620 e. The minimum absolute atomic E-state index is 1.03. The summed E-state index contributed by atoms with van der Waals surface area (Å²) >= 11 is 0. The second kappa shape index (κ2) is 14.9. The molecular weight excluding hydrogens is 713 g/mol. The van der Waals surface area contributed by atoms with Gasteiger partial charge in [-0.25, -0.2) is 0 Å². The van der Waals surface area contributed by atoms with Crippen LogP contribution < -0.4 is 4.90 Å². The molecule has 2 aliphatic carbocycles. The number of benzene rings is 7. The fourth-order valence-electron chi connectivity index (χ4n) is 10.3. The van der Waals surface area contributed by atoms with Crippen LogP contribution >= 0.6 is 0 Å². The second-order valence-corrected chi connectivity index (χ2v) is 16.6. The molecule has 2 heteroatoms. The van der Waals surface area contributed by atoms with E-state index in [2.05, 4.69) is 179 Å². The summed E-state index contributed by atoms with van der Waals surface area (Å²) in [6, 6.07) is 63.0. The minimum Gasteiger partial charge on any atom is -0.314 e. The summed E-state index contributed by atoms with van der Waals surface area (Å²) in [5, 5.41) is 5.31. The molecule has 0 unspecified atom stereocenters. The van der Waals surface area contributed by atoms with Crippen LogP contribution in [0.25, 0.3) is 65.9 Å². The number of hydrogen-bond acceptors (Lipinski definition) is 1. The molecule has 0 bridgehead atoms. The molecule has 59 heavy (non-hydrogen) atoms. The highest BCUT2D eigenvalue weighted by Gasteiger charge is 2.28. The Labute approximate surface area is 347 Å².